The van der Waals surface area contributed by atoms with Crippen molar-refractivity contribution in [2.45, 2.75) is 13.8 Å². The highest BCUT2D eigenvalue weighted by molar-refractivity contribution is 5.95. The lowest BCUT2D eigenvalue weighted by Gasteiger charge is -2.07. The molecule has 21 heavy (non-hydrogen) atoms. The van der Waals surface area contributed by atoms with Crippen molar-refractivity contribution < 1.29 is 9.53 Å². The van der Waals surface area contributed by atoms with Crippen LogP contribution in [0.25, 0.3) is 0 Å². The van der Waals surface area contributed by atoms with Gasteiger partial charge in [-0.25, -0.2) is 4.79 Å². The number of carbonyl (C=O) groups is 1. The maximum absolute atomic E-state index is 12.0. The van der Waals surface area contributed by atoms with Gasteiger partial charge in [0.2, 0.25) is 0 Å². The molecule has 0 aromatic heterocycles. The molecule has 2 aromatic rings. The number of amidine groups is 1. The average molecular weight is 305 g/mol. The second-order valence-corrected chi connectivity index (χ2v) is 4.63. The summed E-state index contributed by atoms with van der Waals surface area (Å²) in [6.45, 7) is 3.94. The zero-order valence-corrected chi connectivity index (χ0v) is 12.7. The minimum absolute atomic E-state index is 0. The molecule has 0 atom stereocenters. The molecular formula is C16H17ClN2O2. The van der Waals surface area contributed by atoms with Crippen molar-refractivity contribution in [1.82, 2.24) is 0 Å². The predicted octanol–water partition coefficient (Wildman–Crippen LogP) is 3.23. The molecule has 4 nitrogen and oxygen atoms in total. The average Bonchev–Trinajstić information content (AvgIpc) is 2.42. The molecular weight excluding hydrogens is 288 g/mol. The van der Waals surface area contributed by atoms with E-state index in [9.17, 15) is 4.79 Å². The monoisotopic (exact) mass is 304 g/mol. The van der Waals surface area contributed by atoms with Crippen molar-refractivity contribution in [3.63, 3.8) is 0 Å². The van der Waals surface area contributed by atoms with Crippen LogP contribution in [0, 0.1) is 19.3 Å². The largest absolute Gasteiger partial charge is 0.423 e. The highest BCUT2D eigenvalue weighted by Crippen LogP contribution is 2.16. The van der Waals surface area contributed by atoms with E-state index in [-0.39, 0.29) is 18.2 Å². The van der Waals surface area contributed by atoms with Crippen LogP contribution in [-0.2, 0) is 0 Å². The molecule has 0 radical (unpaired) electrons. The Morgan fingerprint density at radius 3 is 2.10 bits per heavy atom. The number of esters is 1. The second-order valence-electron chi connectivity index (χ2n) is 4.63. The molecule has 5 heteroatoms. The molecule has 0 amide bonds. The van der Waals surface area contributed by atoms with Crippen molar-refractivity contribution >= 4 is 24.2 Å². The molecule has 0 spiro atoms. The standard InChI is InChI=1S/C16H16N2O2.ClH/c1-10-3-4-13(9-11(10)2)16(19)20-14-7-5-12(6-8-14)15(17)18;/h3-9H,1-2H3,(H3,17,18);1H. The lowest BCUT2D eigenvalue weighted by Crippen LogP contribution is -2.11. The molecule has 0 bridgehead atoms. The number of halogens is 1. The minimum atomic E-state index is -0.399. The van der Waals surface area contributed by atoms with Crippen LogP contribution < -0.4 is 10.5 Å². The van der Waals surface area contributed by atoms with Crippen molar-refractivity contribution in [3.8, 4) is 5.75 Å². The van der Waals surface area contributed by atoms with Crippen molar-refractivity contribution in [1.29, 1.82) is 5.41 Å². The number of rotatable bonds is 3. The molecule has 0 fully saturated rings. The molecule has 0 heterocycles. The molecule has 0 unspecified atom stereocenters. The maximum atomic E-state index is 12.0. The van der Waals surface area contributed by atoms with Crippen molar-refractivity contribution in [2.75, 3.05) is 0 Å². The van der Waals surface area contributed by atoms with E-state index in [1.807, 2.05) is 26.0 Å². The van der Waals surface area contributed by atoms with Crippen LogP contribution in [0.3, 0.4) is 0 Å². The van der Waals surface area contributed by atoms with Gasteiger partial charge >= 0.3 is 5.97 Å². The molecule has 0 saturated carbocycles. The summed E-state index contributed by atoms with van der Waals surface area (Å²) in [4.78, 5) is 12.0. The Labute approximate surface area is 129 Å². The van der Waals surface area contributed by atoms with Gasteiger partial charge in [0.05, 0.1) is 5.56 Å². The highest BCUT2D eigenvalue weighted by Gasteiger charge is 2.09. The van der Waals surface area contributed by atoms with Crippen LogP contribution in [0.4, 0.5) is 0 Å². The Balaban J connectivity index is 0.00000220. The van der Waals surface area contributed by atoms with Gasteiger partial charge in [0, 0.05) is 5.56 Å². The summed E-state index contributed by atoms with van der Waals surface area (Å²) in [7, 11) is 0. The van der Waals surface area contributed by atoms with Gasteiger partial charge in [0.1, 0.15) is 11.6 Å². The van der Waals surface area contributed by atoms with Gasteiger partial charge in [-0.1, -0.05) is 6.07 Å². The summed E-state index contributed by atoms with van der Waals surface area (Å²) in [6.07, 6.45) is 0. The van der Waals surface area contributed by atoms with Gasteiger partial charge in [-0.3, -0.25) is 5.41 Å². The van der Waals surface area contributed by atoms with Crippen LogP contribution in [0.2, 0.25) is 0 Å². The van der Waals surface area contributed by atoms with E-state index in [0.29, 0.717) is 16.9 Å². The lowest BCUT2D eigenvalue weighted by molar-refractivity contribution is 0.0734. The fourth-order valence-corrected chi connectivity index (χ4v) is 1.74. The number of ether oxygens (including phenoxy) is 1. The minimum Gasteiger partial charge on any atom is -0.423 e. The smallest absolute Gasteiger partial charge is 0.343 e. The third-order valence-corrected chi connectivity index (χ3v) is 3.12. The van der Waals surface area contributed by atoms with Crippen LogP contribution >= 0.6 is 12.4 Å². The van der Waals surface area contributed by atoms with E-state index in [0.717, 1.165) is 11.1 Å². The number of carbonyl (C=O) groups excluding carboxylic acids is 1. The Morgan fingerprint density at radius 2 is 1.57 bits per heavy atom. The fourth-order valence-electron chi connectivity index (χ4n) is 1.74. The number of hydrogen-bond donors (Lipinski definition) is 2. The third kappa shape index (κ3) is 4.07. The molecule has 3 N–H and O–H groups in total. The van der Waals surface area contributed by atoms with Gasteiger partial charge < -0.3 is 10.5 Å². The normalized spacial score (nSPS) is 9.62. The molecule has 2 aromatic carbocycles. The van der Waals surface area contributed by atoms with E-state index >= 15 is 0 Å². The number of aryl methyl sites for hydroxylation is 2. The molecule has 0 aliphatic carbocycles. The van der Waals surface area contributed by atoms with Crippen molar-refractivity contribution in [3.05, 3.63) is 64.7 Å². The Kier molecular flexibility index (Phi) is 5.50. The van der Waals surface area contributed by atoms with E-state index in [1.54, 1.807) is 30.3 Å². The summed E-state index contributed by atoms with van der Waals surface area (Å²) < 4.78 is 5.28. The summed E-state index contributed by atoms with van der Waals surface area (Å²) in [5.74, 6) is 0.0129. The topological polar surface area (TPSA) is 76.2 Å². The first-order valence-corrected chi connectivity index (χ1v) is 6.21. The highest BCUT2D eigenvalue weighted by atomic mass is 35.5. The Morgan fingerprint density at radius 1 is 1.00 bits per heavy atom. The zero-order valence-electron chi connectivity index (χ0n) is 11.8. The molecule has 0 saturated heterocycles. The van der Waals surface area contributed by atoms with Gasteiger partial charge in [-0.2, -0.15) is 0 Å². The Bertz CT molecular complexity index is 666. The number of benzene rings is 2. The first-order chi connectivity index (χ1) is 9.47. The first kappa shape index (κ1) is 16.7. The van der Waals surface area contributed by atoms with E-state index in [4.69, 9.17) is 15.9 Å². The number of nitrogens with one attached hydrogen (secondary N) is 1. The summed E-state index contributed by atoms with van der Waals surface area (Å²) in [5.41, 5.74) is 8.65. The number of hydrogen-bond acceptors (Lipinski definition) is 3. The molecule has 110 valence electrons. The first-order valence-electron chi connectivity index (χ1n) is 6.21. The van der Waals surface area contributed by atoms with Gasteiger partial charge in [0.15, 0.2) is 0 Å². The maximum Gasteiger partial charge on any atom is 0.343 e. The van der Waals surface area contributed by atoms with Gasteiger partial charge in [-0.05, 0) is 61.4 Å². The molecule has 0 aliphatic rings. The predicted molar refractivity (Wildman–Crippen MR) is 85.6 cm³/mol. The van der Waals surface area contributed by atoms with Gasteiger partial charge in [0.25, 0.3) is 0 Å². The summed E-state index contributed by atoms with van der Waals surface area (Å²) in [6, 6.07) is 12.0. The zero-order chi connectivity index (χ0) is 14.7. The van der Waals surface area contributed by atoms with Crippen LogP contribution in [0.5, 0.6) is 5.75 Å². The summed E-state index contributed by atoms with van der Waals surface area (Å²) >= 11 is 0. The lowest BCUT2D eigenvalue weighted by atomic mass is 10.1. The van der Waals surface area contributed by atoms with Gasteiger partial charge in [-0.15, -0.1) is 12.4 Å². The summed E-state index contributed by atoms with van der Waals surface area (Å²) in [5, 5.41) is 7.30. The Hall–Kier alpha value is -2.33. The molecule has 0 aliphatic heterocycles. The third-order valence-electron chi connectivity index (χ3n) is 3.12. The SMILES string of the molecule is Cc1ccc(C(=O)Oc2ccc(C(=N)N)cc2)cc1C.Cl. The van der Waals surface area contributed by atoms with Crippen molar-refractivity contribution in [2.24, 2.45) is 5.73 Å². The van der Waals surface area contributed by atoms with E-state index < -0.39 is 5.97 Å². The van der Waals surface area contributed by atoms with E-state index in [2.05, 4.69) is 0 Å². The number of nitrogens with two attached hydrogens (primary N) is 1. The second kappa shape index (κ2) is 6.90. The van der Waals surface area contributed by atoms with Crippen LogP contribution in [-0.4, -0.2) is 11.8 Å². The number of nitrogen functional groups attached to an aromatic ring is 1. The van der Waals surface area contributed by atoms with Crippen LogP contribution in [0.15, 0.2) is 42.5 Å². The quantitative estimate of drug-likeness (QED) is 0.395. The van der Waals surface area contributed by atoms with E-state index in [1.165, 1.54) is 0 Å². The van der Waals surface area contributed by atoms with Crippen LogP contribution in [0.1, 0.15) is 27.0 Å². The fraction of sp³-hybridized carbons (Fsp3) is 0.125. The molecule has 2 rings (SSSR count).